The normalized spacial score (nSPS) is 10.3. The predicted octanol–water partition coefficient (Wildman–Crippen LogP) is 2.79. The van der Waals surface area contributed by atoms with Crippen LogP contribution >= 0.6 is 22.9 Å². The minimum absolute atomic E-state index is 0.801. The minimum atomic E-state index is 0.801. The van der Waals surface area contributed by atoms with Crippen molar-refractivity contribution in [3.8, 4) is 10.6 Å². The lowest BCUT2D eigenvalue weighted by Gasteiger charge is -1.85. The molecule has 11 heavy (non-hydrogen) atoms. The number of nitrogens with one attached hydrogen (secondary N) is 1. The standard InChI is InChI=1S/C7H5ClN2S/c8-7-2-1-6(11-7)5-3-9-4-10-5/h1-4H,(H,9,10). The van der Waals surface area contributed by atoms with Crippen LogP contribution in [0, 0.1) is 0 Å². The Balaban J connectivity index is 2.45. The van der Waals surface area contributed by atoms with Crippen LogP contribution < -0.4 is 0 Å². The van der Waals surface area contributed by atoms with Crippen molar-refractivity contribution < 1.29 is 0 Å². The zero-order valence-electron chi connectivity index (χ0n) is 5.54. The number of thiophene rings is 1. The van der Waals surface area contributed by atoms with Gasteiger partial charge in [-0.05, 0) is 12.1 Å². The molecule has 2 aromatic rings. The molecule has 2 nitrogen and oxygen atoms in total. The summed E-state index contributed by atoms with van der Waals surface area (Å²) in [6, 6.07) is 3.85. The average molecular weight is 185 g/mol. The maximum atomic E-state index is 5.76. The molecule has 0 unspecified atom stereocenters. The van der Waals surface area contributed by atoms with Gasteiger partial charge in [0.15, 0.2) is 0 Å². The lowest BCUT2D eigenvalue weighted by atomic mass is 10.4. The van der Waals surface area contributed by atoms with Crippen molar-refractivity contribution in [2.75, 3.05) is 0 Å². The van der Waals surface area contributed by atoms with E-state index in [9.17, 15) is 0 Å². The van der Waals surface area contributed by atoms with Gasteiger partial charge < -0.3 is 4.98 Å². The highest BCUT2D eigenvalue weighted by Crippen LogP contribution is 2.28. The Morgan fingerprint density at radius 3 is 2.91 bits per heavy atom. The number of hydrogen-bond donors (Lipinski definition) is 1. The van der Waals surface area contributed by atoms with E-state index in [1.54, 1.807) is 12.5 Å². The third-order valence-electron chi connectivity index (χ3n) is 1.34. The van der Waals surface area contributed by atoms with Crippen LogP contribution in [0.25, 0.3) is 10.6 Å². The number of rotatable bonds is 1. The summed E-state index contributed by atoms with van der Waals surface area (Å²) in [5, 5.41) is 0. The first kappa shape index (κ1) is 6.88. The van der Waals surface area contributed by atoms with Crippen molar-refractivity contribution in [3.63, 3.8) is 0 Å². The molecule has 0 aliphatic rings. The fraction of sp³-hybridized carbons (Fsp3) is 0. The second kappa shape index (κ2) is 2.68. The van der Waals surface area contributed by atoms with Crippen molar-refractivity contribution in [2.24, 2.45) is 0 Å². The van der Waals surface area contributed by atoms with Crippen LogP contribution in [-0.2, 0) is 0 Å². The fourth-order valence-corrected chi connectivity index (χ4v) is 1.87. The van der Waals surface area contributed by atoms with Crippen LogP contribution in [0.2, 0.25) is 4.34 Å². The van der Waals surface area contributed by atoms with E-state index in [0.29, 0.717) is 0 Å². The van der Waals surface area contributed by atoms with E-state index in [1.807, 2.05) is 12.1 Å². The number of imidazole rings is 1. The number of aromatic nitrogens is 2. The SMILES string of the molecule is Clc1ccc(-c2cnc[nH]2)s1. The highest BCUT2D eigenvalue weighted by atomic mass is 35.5. The lowest BCUT2D eigenvalue weighted by Crippen LogP contribution is -1.65. The lowest BCUT2D eigenvalue weighted by molar-refractivity contribution is 1.32. The molecule has 1 N–H and O–H groups in total. The molecule has 0 aliphatic carbocycles. The highest BCUT2D eigenvalue weighted by molar-refractivity contribution is 7.19. The van der Waals surface area contributed by atoms with Crippen LogP contribution in [0.15, 0.2) is 24.7 Å². The summed E-state index contributed by atoms with van der Waals surface area (Å²) >= 11 is 7.30. The highest BCUT2D eigenvalue weighted by Gasteiger charge is 2.00. The van der Waals surface area contributed by atoms with Gasteiger partial charge in [0.05, 0.1) is 27.4 Å². The Morgan fingerprint density at radius 1 is 1.45 bits per heavy atom. The summed E-state index contributed by atoms with van der Waals surface area (Å²) in [5.74, 6) is 0. The smallest absolute Gasteiger partial charge is 0.0935 e. The van der Waals surface area contributed by atoms with Gasteiger partial charge in [-0.1, -0.05) is 11.6 Å². The summed E-state index contributed by atoms with van der Waals surface area (Å²) in [6.45, 7) is 0. The van der Waals surface area contributed by atoms with Gasteiger partial charge in [0, 0.05) is 0 Å². The minimum Gasteiger partial charge on any atom is -0.344 e. The molecule has 0 amide bonds. The molecule has 0 saturated heterocycles. The zero-order chi connectivity index (χ0) is 7.68. The van der Waals surface area contributed by atoms with E-state index in [0.717, 1.165) is 14.9 Å². The molecule has 2 rings (SSSR count). The Hall–Kier alpha value is -0.800. The van der Waals surface area contributed by atoms with Crippen LogP contribution in [-0.4, -0.2) is 9.97 Å². The summed E-state index contributed by atoms with van der Waals surface area (Å²) < 4.78 is 0.801. The number of nitrogens with zero attached hydrogens (tertiary/aromatic N) is 1. The second-order valence-electron chi connectivity index (χ2n) is 2.07. The molecular formula is C7H5ClN2S. The first-order chi connectivity index (χ1) is 5.36. The van der Waals surface area contributed by atoms with Crippen LogP contribution in [0.3, 0.4) is 0 Å². The molecular weight excluding hydrogens is 180 g/mol. The third kappa shape index (κ3) is 1.29. The van der Waals surface area contributed by atoms with Crippen molar-refractivity contribution in [1.29, 1.82) is 0 Å². The Kier molecular flexibility index (Phi) is 1.68. The van der Waals surface area contributed by atoms with Gasteiger partial charge in [-0.15, -0.1) is 11.3 Å². The molecule has 0 spiro atoms. The van der Waals surface area contributed by atoms with Gasteiger partial charge in [-0.25, -0.2) is 4.98 Å². The topological polar surface area (TPSA) is 28.7 Å². The molecule has 0 aromatic carbocycles. The molecule has 2 aromatic heterocycles. The number of H-pyrrole nitrogens is 1. The Morgan fingerprint density at radius 2 is 2.36 bits per heavy atom. The summed E-state index contributed by atoms with van der Waals surface area (Å²) in [4.78, 5) is 8.04. The quantitative estimate of drug-likeness (QED) is 0.726. The average Bonchev–Trinajstić information content (AvgIpc) is 2.55. The number of hydrogen-bond acceptors (Lipinski definition) is 2. The van der Waals surface area contributed by atoms with Gasteiger partial charge in [0.2, 0.25) is 0 Å². The van der Waals surface area contributed by atoms with Gasteiger partial charge >= 0.3 is 0 Å². The molecule has 0 radical (unpaired) electrons. The monoisotopic (exact) mass is 184 g/mol. The predicted molar refractivity (Wildman–Crippen MR) is 46.9 cm³/mol. The van der Waals surface area contributed by atoms with Crippen molar-refractivity contribution >= 4 is 22.9 Å². The van der Waals surface area contributed by atoms with E-state index in [-0.39, 0.29) is 0 Å². The maximum absolute atomic E-state index is 5.76. The van der Waals surface area contributed by atoms with Crippen molar-refractivity contribution in [2.45, 2.75) is 0 Å². The van der Waals surface area contributed by atoms with E-state index < -0.39 is 0 Å². The largest absolute Gasteiger partial charge is 0.344 e. The van der Waals surface area contributed by atoms with E-state index >= 15 is 0 Å². The Labute approximate surface area is 72.9 Å². The van der Waals surface area contributed by atoms with Gasteiger partial charge in [0.1, 0.15) is 0 Å². The van der Waals surface area contributed by atoms with Crippen LogP contribution in [0.4, 0.5) is 0 Å². The molecule has 0 atom stereocenters. The van der Waals surface area contributed by atoms with E-state index in [2.05, 4.69) is 9.97 Å². The maximum Gasteiger partial charge on any atom is 0.0935 e. The van der Waals surface area contributed by atoms with E-state index in [4.69, 9.17) is 11.6 Å². The van der Waals surface area contributed by atoms with Gasteiger partial charge in [0.25, 0.3) is 0 Å². The van der Waals surface area contributed by atoms with Gasteiger partial charge in [-0.3, -0.25) is 0 Å². The van der Waals surface area contributed by atoms with Crippen LogP contribution in [0.1, 0.15) is 0 Å². The summed E-state index contributed by atoms with van der Waals surface area (Å²) in [5.41, 5.74) is 1.02. The molecule has 0 saturated carbocycles. The summed E-state index contributed by atoms with van der Waals surface area (Å²) in [7, 11) is 0. The van der Waals surface area contributed by atoms with Crippen molar-refractivity contribution in [1.82, 2.24) is 9.97 Å². The first-order valence-corrected chi connectivity index (χ1v) is 4.30. The number of aromatic amines is 1. The molecule has 0 fully saturated rings. The molecule has 0 bridgehead atoms. The van der Waals surface area contributed by atoms with Crippen molar-refractivity contribution in [3.05, 3.63) is 29.0 Å². The zero-order valence-corrected chi connectivity index (χ0v) is 7.12. The molecule has 0 aliphatic heterocycles. The van der Waals surface area contributed by atoms with E-state index in [1.165, 1.54) is 11.3 Å². The fourth-order valence-electron chi connectivity index (χ4n) is 0.850. The number of halogens is 1. The van der Waals surface area contributed by atoms with Crippen LogP contribution in [0.5, 0.6) is 0 Å². The second-order valence-corrected chi connectivity index (χ2v) is 3.78. The summed E-state index contributed by atoms with van der Waals surface area (Å²) in [6.07, 6.45) is 3.44. The molecule has 2 heterocycles. The third-order valence-corrected chi connectivity index (χ3v) is 2.60. The molecule has 4 heteroatoms. The Bertz CT molecular complexity index is 339. The first-order valence-electron chi connectivity index (χ1n) is 3.10. The van der Waals surface area contributed by atoms with Gasteiger partial charge in [-0.2, -0.15) is 0 Å². The molecule has 56 valence electrons.